The Balaban J connectivity index is 2.04. The molecule has 0 atom stereocenters. The first-order valence-corrected chi connectivity index (χ1v) is 6.15. The number of aryl methyl sites for hydroxylation is 3. The number of benzene rings is 1. The van der Waals surface area contributed by atoms with E-state index in [2.05, 4.69) is 35.2 Å². The predicted octanol–water partition coefficient (Wildman–Crippen LogP) is 1.96. The summed E-state index contributed by atoms with van der Waals surface area (Å²) in [5.74, 6) is 0.409. The van der Waals surface area contributed by atoms with Crippen LogP contribution in [0, 0.1) is 13.8 Å². The van der Waals surface area contributed by atoms with Gasteiger partial charge in [0.05, 0.1) is 24.8 Å². The number of nitrogens with two attached hydrogens (primary N) is 1. The summed E-state index contributed by atoms with van der Waals surface area (Å²) in [7, 11) is 1.94. The molecule has 19 heavy (non-hydrogen) atoms. The highest BCUT2D eigenvalue weighted by Gasteiger charge is 1.99. The summed E-state index contributed by atoms with van der Waals surface area (Å²) in [6.07, 6.45) is 3.53. The van der Waals surface area contributed by atoms with Crippen LogP contribution in [0.1, 0.15) is 16.8 Å². The van der Waals surface area contributed by atoms with Gasteiger partial charge in [0.1, 0.15) is 0 Å². The number of nitrogens with zero attached hydrogens (tertiary/aromatic N) is 3. The SMILES string of the molecule is Cc1cc(C)cc(NC(N)=NCc2cncn2C)c1. The van der Waals surface area contributed by atoms with Gasteiger partial charge in [-0.05, 0) is 37.1 Å². The van der Waals surface area contributed by atoms with E-state index in [0.717, 1.165) is 11.4 Å². The minimum Gasteiger partial charge on any atom is -0.370 e. The fourth-order valence-corrected chi connectivity index (χ4v) is 1.94. The summed E-state index contributed by atoms with van der Waals surface area (Å²) >= 11 is 0. The Morgan fingerprint density at radius 3 is 2.58 bits per heavy atom. The van der Waals surface area contributed by atoms with Crippen LogP contribution in [-0.2, 0) is 13.6 Å². The maximum absolute atomic E-state index is 5.88. The van der Waals surface area contributed by atoms with Gasteiger partial charge in [0.15, 0.2) is 5.96 Å². The summed E-state index contributed by atoms with van der Waals surface area (Å²) in [6.45, 7) is 4.63. The van der Waals surface area contributed by atoms with Crippen molar-refractivity contribution in [1.29, 1.82) is 0 Å². The highest BCUT2D eigenvalue weighted by atomic mass is 15.1. The molecule has 5 nitrogen and oxygen atoms in total. The van der Waals surface area contributed by atoms with Crippen LogP contribution >= 0.6 is 0 Å². The van der Waals surface area contributed by atoms with E-state index < -0.39 is 0 Å². The fourth-order valence-electron chi connectivity index (χ4n) is 1.94. The number of aliphatic imine (C=N–C) groups is 1. The molecule has 1 aromatic heterocycles. The first kappa shape index (κ1) is 13.1. The van der Waals surface area contributed by atoms with E-state index in [4.69, 9.17) is 5.73 Å². The summed E-state index contributed by atoms with van der Waals surface area (Å²) in [4.78, 5) is 8.34. The Bertz CT molecular complexity index is 577. The van der Waals surface area contributed by atoms with Gasteiger partial charge < -0.3 is 15.6 Å². The number of rotatable bonds is 3. The molecule has 3 N–H and O–H groups in total. The second-order valence-electron chi connectivity index (χ2n) is 4.70. The molecule has 2 aromatic rings. The lowest BCUT2D eigenvalue weighted by Crippen LogP contribution is -2.22. The topological polar surface area (TPSA) is 68.2 Å². The number of hydrogen-bond donors (Lipinski definition) is 2. The Hall–Kier alpha value is -2.30. The lowest BCUT2D eigenvalue weighted by Gasteiger charge is -2.08. The van der Waals surface area contributed by atoms with Crippen molar-refractivity contribution in [3.8, 4) is 0 Å². The van der Waals surface area contributed by atoms with Crippen molar-refractivity contribution < 1.29 is 0 Å². The van der Waals surface area contributed by atoms with Crippen molar-refractivity contribution in [3.05, 3.63) is 47.5 Å². The lowest BCUT2D eigenvalue weighted by atomic mass is 10.1. The van der Waals surface area contributed by atoms with Crippen molar-refractivity contribution in [2.75, 3.05) is 5.32 Å². The minimum absolute atomic E-state index is 0.409. The van der Waals surface area contributed by atoms with Crippen LogP contribution in [0.2, 0.25) is 0 Å². The van der Waals surface area contributed by atoms with E-state index in [1.807, 2.05) is 23.7 Å². The van der Waals surface area contributed by atoms with Crippen molar-refractivity contribution in [1.82, 2.24) is 9.55 Å². The monoisotopic (exact) mass is 257 g/mol. The molecular formula is C14H19N5. The van der Waals surface area contributed by atoms with Crippen LogP contribution < -0.4 is 11.1 Å². The third kappa shape index (κ3) is 3.58. The standard InChI is InChI=1S/C14H19N5/c1-10-4-11(2)6-12(5-10)18-14(15)17-8-13-7-16-9-19(13)3/h4-7,9H,8H2,1-3H3,(H3,15,17,18). The van der Waals surface area contributed by atoms with Crippen molar-refractivity contribution >= 4 is 11.6 Å². The molecular weight excluding hydrogens is 238 g/mol. The average molecular weight is 257 g/mol. The molecule has 0 fully saturated rings. The van der Waals surface area contributed by atoms with Gasteiger partial charge in [-0.15, -0.1) is 0 Å². The maximum atomic E-state index is 5.88. The molecule has 2 rings (SSSR count). The number of guanidine groups is 1. The molecule has 0 aliphatic heterocycles. The molecule has 0 saturated carbocycles. The van der Waals surface area contributed by atoms with Crippen LogP contribution in [0.25, 0.3) is 0 Å². The second kappa shape index (κ2) is 5.56. The van der Waals surface area contributed by atoms with E-state index in [1.54, 1.807) is 12.5 Å². The molecule has 0 spiro atoms. The first-order valence-electron chi connectivity index (χ1n) is 6.15. The van der Waals surface area contributed by atoms with Crippen molar-refractivity contribution in [2.24, 2.45) is 17.8 Å². The Kier molecular flexibility index (Phi) is 3.85. The summed E-state index contributed by atoms with van der Waals surface area (Å²) in [6, 6.07) is 6.20. The van der Waals surface area contributed by atoms with Gasteiger partial charge in [0, 0.05) is 12.7 Å². The summed E-state index contributed by atoms with van der Waals surface area (Å²) in [5, 5.41) is 3.10. The zero-order chi connectivity index (χ0) is 13.8. The smallest absolute Gasteiger partial charge is 0.193 e. The first-order chi connectivity index (χ1) is 9.04. The molecule has 1 aromatic carbocycles. The van der Waals surface area contributed by atoms with Gasteiger partial charge in [0.2, 0.25) is 0 Å². The Labute approximate surface area is 113 Å². The fraction of sp³-hybridized carbons (Fsp3) is 0.286. The highest BCUT2D eigenvalue weighted by Crippen LogP contribution is 2.13. The molecule has 0 bridgehead atoms. The molecule has 0 aliphatic rings. The van der Waals surface area contributed by atoms with Crippen LogP contribution in [-0.4, -0.2) is 15.5 Å². The van der Waals surface area contributed by atoms with E-state index in [0.29, 0.717) is 12.5 Å². The van der Waals surface area contributed by atoms with Gasteiger partial charge in [-0.25, -0.2) is 9.98 Å². The number of aromatic nitrogens is 2. The molecule has 0 aliphatic carbocycles. The molecule has 0 saturated heterocycles. The van der Waals surface area contributed by atoms with Gasteiger partial charge >= 0.3 is 0 Å². The molecule has 1 heterocycles. The predicted molar refractivity (Wildman–Crippen MR) is 78.1 cm³/mol. The Morgan fingerprint density at radius 2 is 2.00 bits per heavy atom. The van der Waals surface area contributed by atoms with Crippen LogP contribution in [0.5, 0.6) is 0 Å². The average Bonchev–Trinajstić information content (AvgIpc) is 2.71. The lowest BCUT2D eigenvalue weighted by molar-refractivity contribution is 0.820. The molecule has 5 heteroatoms. The molecule has 0 unspecified atom stereocenters. The second-order valence-corrected chi connectivity index (χ2v) is 4.70. The zero-order valence-corrected chi connectivity index (χ0v) is 11.5. The summed E-state index contributed by atoms with van der Waals surface area (Å²) in [5.41, 5.74) is 10.3. The molecule has 100 valence electrons. The van der Waals surface area contributed by atoms with Crippen molar-refractivity contribution in [2.45, 2.75) is 20.4 Å². The van der Waals surface area contributed by atoms with Gasteiger partial charge in [0.25, 0.3) is 0 Å². The molecule has 0 amide bonds. The van der Waals surface area contributed by atoms with Gasteiger partial charge in [-0.3, -0.25) is 0 Å². The Morgan fingerprint density at radius 1 is 1.32 bits per heavy atom. The largest absolute Gasteiger partial charge is 0.370 e. The van der Waals surface area contributed by atoms with Crippen LogP contribution in [0.4, 0.5) is 5.69 Å². The number of imidazole rings is 1. The molecule has 0 radical (unpaired) electrons. The van der Waals surface area contributed by atoms with Crippen LogP contribution in [0.3, 0.4) is 0 Å². The highest BCUT2D eigenvalue weighted by molar-refractivity contribution is 5.92. The van der Waals surface area contributed by atoms with E-state index in [-0.39, 0.29) is 0 Å². The number of nitrogens with one attached hydrogen (secondary N) is 1. The van der Waals surface area contributed by atoms with Crippen LogP contribution in [0.15, 0.2) is 35.7 Å². The van der Waals surface area contributed by atoms with Crippen molar-refractivity contribution in [3.63, 3.8) is 0 Å². The number of hydrogen-bond acceptors (Lipinski definition) is 2. The van der Waals surface area contributed by atoms with E-state index >= 15 is 0 Å². The van der Waals surface area contributed by atoms with Gasteiger partial charge in [-0.1, -0.05) is 6.07 Å². The zero-order valence-electron chi connectivity index (χ0n) is 11.5. The van der Waals surface area contributed by atoms with E-state index in [1.165, 1.54) is 11.1 Å². The maximum Gasteiger partial charge on any atom is 0.193 e. The van der Waals surface area contributed by atoms with Gasteiger partial charge in [-0.2, -0.15) is 0 Å². The summed E-state index contributed by atoms with van der Waals surface area (Å²) < 4.78 is 1.92. The third-order valence-electron chi connectivity index (χ3n) is 2.82. The normalized spacial score (nSPS) is 11.6. The minimum atomic E-state index is 0.409. The third-order valence-corrected chi connectivity index (χ3v) is 2.82. The number of anilines is 1. The quantitative estimate of drug-likeness (QED) is 0.652. The van der Waals surface area contributed by atoms with E-state index in [9.17, 15) is 0 Å².